The van der Waals surface area contributed by atoms with Crippen LogP contribution in [0, 0.1) is 0 Å². The first-order chi connectivity index (χ1) is 5.49. The third kappa shape index (κ3) is 3.78. The van der Waals surface area contributed by atoms with Gasteiger partial charge in [-0.15, -0.1) is 0 Å². The summed E-state index contributed by atoms with van der Waals surface area (Å²) in [5, 5.41) is 17.9. The minimum absolute atomic E-state index is 0.136. The van der Waals surface area contributed by atoms with E-state index < -0.39 is 18.6 Å². The van der Waals surface area contributed by atoms with E-state index in [1.807, 2.05) is 0 Å². The molecule has 4 heteroatoms. The maximum Gasteiger partial charge on any atom is 0.259 e. The van der Waals surface area contributed by atoms with Crippen molar-refractivity contribution in [3.8, 4) is 0 Å². The monoisotopic (exact) mass is 180 g/mol. The molecule has 0 amide bonds. The summed E-state index contributed by atoms with van der Waals surface area (Å²) in [6.07, 6.45) is -3.55. The number of halogens is 2. The Bertz CT molecular complexity index is 155. The molecule has 0 aromatic heterocycles. The van der Waals surface area contributed by atoms with Crippen LogP contribution in [-0.2, 0) is 0 Å². The lowest BCUT2D eigenvalue weighted by molar-refractivity contribution is 0.0267. The summed E-state index contributed by atoms with van der Waals surface area (Å²) in [7, 11) is 0. The van der Waals surface area contributed by atoms with Gasteiger partial charge in [0.2, 0.25) is 0 Å². The molecular formula is C8H14F2O2. The van der Waals surface area contributed by atoms with Crippen LogP contribution in [0.15, 0.2) is 11.6 Å². The average molecular weight is 180 g/mol. The molecule has 0 aromatic rings. The van der Waals surface area contributed by atoms with Crippen molar-refractivity contribution < 1.29 is 19.0 Å². The Hall–Kier alpha value is -0.480. The fraction of sp³-hybridized carbons (Fsp3) is 0.750. The first kappa shape index (κ1) is 11.5. The van der Waals surface area contributed by atoms with Crippen LogP contribution in [0.4, 0.5) is 8.78 Å². The summed E-state index contributed by atoms with van der Waals surface area (Å²) in [6, 6.07) is 0. The zero-order chi connectivity index (χ0) is 9.72. The normalized spacial score (nSPS) is 18.1. The minimum Gasteiger partial charge on any atom is -0.391 e. The quantitative estimate of drug-likeness (QED) is 0.641. The third-order valence-corrected chi connectivity index (χ3v) is 1.65. The van der Waals surface area contributed by atoms with Gasteiger partial charge in [0.05, 0.1) is 12.2 Å². The first-order valence-electron chi connectivity index (χ1n) is 3.78. The largest absolute Gasteiger partial charge is 0.391 e. The van der Waals surface area contributed by atoms with Crippen molar-refractivity contribution in [3.05, 3.63) is 11.6 Å². The molecule has 12 heavy (non-hydrogen) atoms. The van der Waals surface area contributed by atoms with Crippen LogP contribution >= 0.6 is 0 Å². The molecule has 0 fully saturated rings. The van der Waals surface area contributed by atoms with E-state index in [9.17, 15) is 8.78 Å². The molecule has 0 aliphatic rings. The van der Waals surface area contributed by atoms with E-state index in [0.717, 1.165) is 0 Å². The molecule has 0 saturated heterocycles. The molecular weight excluding hydrogens is 166 g/mol. The van der Waals surface area contributed by atoms with Gasteiger partial charge in [-0.05, 0) is 19.4 Å². The lowest BCUT2D eigenvalue weighted by Crippen LogP contribution is -2.24. The summed E-state index contributed by atoms with van der Waals surface area (Å²) >= 11 is 0. The first-order valence-corrected chi connectivity index (χ1v) is 3.78. The Kier molecular flexibility index (Phi) is 5.01. The molecule has 0 aromatic carbocycles. The number of aliphatic hydroxyl groups excluding tert-OH is 2. The Morgan fingerprint density at radius 3 is 2.17 bits per heavy atom. The van der Waals surface area contributed by atoms with Gasteiger partial charge in [-0.3, -0.25) is 0 Å². The zero-order valence-corrected chi connectivity index (χ0v) is 7.17. The number of hydrogen-bond acceptors (Lipinski definition) is 2. The summed E-state index contributed by atoms with van der Waals surface area (Å²) in [6.45, 7) is 2.85. The molecule has 0 spiro atoms. The molecule has 72 valence electrons. The average Bonchev–Trinajstić information content (AvgIpc) is 1.98. The molecule has 0 heterocycles. The minimum atomic E-state index is -2.55. The molecule has 2 N–H and O–H groups in total. The number of hydrogen-bond donors (Lipinski definition) is 2. The zero-order valence-electron chi connectivity index (χ0n) is 7.17. The topological polar surface area (TPSA) is 40.5 Å². The summed E-state index contributed by atoms with van der Waals surface area (Å²) in [4.78, 5) is 0. The maximum atomic E-state index is 12.1. The maximum absolute atomic E-state index is 12.1. The smallest absolute Gasteiger partial charge is 0.259 e. The van der Waals surface area contributed by atoms with Crippen molar-refractivity contribution in [1.29, 1.82) is 0 Å². The molecule has 0 bridgehead atoms. The Labute approximate surface area is 70.5 Å². The van der Waals surface area contributed by atoms with Gasteiger partial charge in [-0.2, -0.15) is 0 Å². The second-order valence-electron chi connectivity index (χ2n) is 2.68. The van der Waals surface area contributed by atoms with Crippen LogP contribution in [0.1, 0.15) is 20.3 Å². The Balaban J connectivity index is 4.05. The van der Waals surface area contributed by atoms with Gasteiger partial charge in [-0.25, -0.2) is 8.78 Å². The molecule has 0 saturated carbocycles. The van der Waals surface area contributed by atoms with Crippen LogP contribution in [0.3, 0.4) is 0 Å². The van der Waals surface area contributed by atoms with E-state index in [4.69, 9.17) is 10.2 Å². The fourth-order valence-corrected chi connectivity index (χ4v) is 0.745. The van der Waals surface area contributed by atoms with Gasteiger partial charge in [0.15, 0.2) is 0 Å². The molecule has 2 nitrogen and oxygen atoms in total. The van der Waals surface area contributed by atoms with Crippen molar-refractivity contribution in [2.75, 3.05) is 0 Å². The highest BCUT2D eigenvalue weighted by Crippen LogP contribution is 2.16. The Morgan fingerprint density at radius 1 is 1.42 bits per heavy atom. The standard InChI is InChI=1S/C8H14F2O2/c1-3-6(8(9)10)4-7(12)5(2)11/h3,5,7-8,11-12H,4H2,1-2H3/b6-3+/t5-,7-/m0/s1. The van der Waals surface area contributed by atoms with E-state index >= 15 is 0 Å². The van der Waals surface area contributed by atoms with Gasteiger partial charge in [-0.1, -0.05) is 6.08 Å². The highest BCUT2D eigenvalue weighted by atomic mass is 19.3. The molecule has 0 radical (unpaired) electrons. The van der Waals surface area contributed by atoms with Crippen LogP contribution in [-0.4, -0.2) is 28.8 Å². The van der Waals surface area contributed by atoms with Gasteiger partial charge in [0.25, 0.3) is 6.43 Å². The lowest BCUT2D eigenvalue weighted by Gasteiger charge is -2.14. The fourth-order valence-electron chi connectivity index (χ4n) is 0.745. The third-order valence-electron chi connectivity index (χ3n) is 1.65. The van der Waals surface area contributed by atoms with Crippen molar-refractivity contribution in [1.82, 2.24) is 0 Å². The summed E-state index contributed by atoms with van der Waals surface area (Å²) in [5.41, 5.74) is -0.136. The number of rotatable bonds is 4. The second-order valence-corrected chi connectivity index (χ2v) is 2.68. The van der Waals surface area contributed by atoms with E-state index in [0.29, 0.717) is 0 Å². The van der Waals surface area contributed by atoms with Crippen LogP contribution in [0.5, 0.6) is 0 Å². The van der Waals surface area contributed by atoms with Crippen molar-refractivity contribution in [3.63, 3.8) is 0 Å². The van der Waals surface area contributed by atoms with E-state index in [1.54, 1.807) is 0 Å². The lowest BCUT2D eigenvalue weighted by atomic mass is 10.1. The van der Waals surface area contributed by atoms with E-state index in [2.05, 4.69) is 0 Å². The second kappa shape index (κ2) is 5.22. The predicted octanol–water partition coefficient (Wildman–Crippen LogP) is 1.33. The summed E-state index contributed by atoms with van der Waals surface area (Å²) < 4.78 is 24.1. The Morgan fingerprint density at radius 2 is 1.92 bits per heavy atom. The van der Waals surface area contributed by atoms with Crippen LogP contribution in [0.25, 0.3) is 0 Å². The molecule has 0 aliphatic heterocycles. The van der Waals surface area contributed by atoms with Gasteiger partial charge < -0.3 is 10.2 Å². The highest BCUT2D eigenvalue weighted by Gasteiger charge is 2.17. The molecule has 0 aliphatic carbocycles. The van der Waals surface area contributed by atoms with E-state index in [1.165, 1.54) is 19.9 Å². The predicted molar refractivity (Wildman–Crippen MR) is 42.1 cm³/mol. The number of alkyl halides is 2. The summed E-state index contributed by atoms with van der Waals surface area (Å²) in [5.74, 6) is 0. The molecule has 2 atom stereocenters. The number of allylic oxidation sites excluding steroid dienone is 1. The van der Waals surface area contributed by atoms with Gasteiger partial charge >= 0.3 is 0 Å². The van der Waals surface area contributed by atoms with Crippen LogP contribution in [0.2, 0.25) is 0 Å². The van der Waals surface area contributed by atoms with Gasteiger partial charge in [0, 0.05) is 6.42 Å². The highest BCUT2D eigenvalue weighted by molar-refractivity contribution is 5.05. The van der Waals surface area contributed by atoms with E-state index in [-0.39, 0.29) is 12.0 Å². The van der Waals surface area contributed by atoms with Crippen LogP contribution < -0.4 is 0 Å². The van der Waals surface area contributed by atoms with Crippen molar-refractivity contribution in [2.45, 2.75) is 38.9 Å². The SMILES string of the molecule is C/C=C(\C[C@H](O)[C@H](C)O)C(F)F. The van der Waals surface area contributed by atoms with Gasteiger partial charge in [0.1, 0.15) is 0 Å². The number of aliphatic hydroxyl groups is 2. The molecule has 0 rings (SSSR count). The molecule has 0 unspecified atom stereocenters. The van der Waals surface area contributed by atoms with Crippen molar-refractivity contribution in [2.24, 2.45) is 0 Å². The van der Waals surface area contributed by atoms with Crippen molar-refractivity contribution >= 4 is 0 Å².